The largest absolute Gasteiger partial charge is 0.297 e. The molecular weight excluding hydrogens is 437 g/mol. The molecule has 150 valence electrons. The topological polar surface area (TPSA) is 47.8 Å². The molecule has 4 nitrogen and oxygen atoms in total. The van der Waals surface area contributed by atoms with Gasteiger partial charge in [0.05, 0.1) is 17.3 Å². The van der Waals surface area contributed by atoms with E-state index in [-0.39, 0.29) is 11.5 Å². The van der Waals surface area contributed by atoms with E-state index < -0.39 is 0 Å². The van der Waals surface area contributed by atoms with Gasteiger partial charge in [-0.1, -0.05) is 77.4 Å². The number of carbonyl (C=O) groups is 1. The lowest BCUT2D eigenvalue weighted by molar-refractivity contribution is 0.102. The Labute approximate surface area is 188 Å². The molecule has 0 amide bonds. The summed E-state index contributed by atoms with van der Waals surface area (Å²) in [5.74, 6) is 0.924. The fourth-order valence-corrected chi connectivity index (χ4v) is 4.17. The highest BCUT2D eigenvalue weighted by Gasteiger charge is 2.18. The van der Waals surface area contributed by atoms with Crippen LogP contribution in [0.5, 0.6) is 0 Å². The maximum Gasteiger partial charge on any atom is 0.192 e. The number of thioether (sulfide) groups is 1. The highest BCUT2D eigenvalue weighted by atomic mass is 35.5. The van der Waals surface area contributed by atoms with E-state index in [2.05, 4.69) is 10.2 Å². The van der Waals surface area contributed by atoms with Gasteiger partial charge in [0.25, 0.3) is 0 Å². The summed E-state index contributed by atoms with van der Waals surface area (Å²) < 4.78 is 2.00. The van der Waals surface area contributed by atoms with Crippen molar-refractivity contribution in [1.29, 1.82) is 0 Å². The van der Waals surface area contributed by atoms with Gasteiger partial charge in [-0.25, -0.2) is 0 Å². The van der Waals surface area contributed by atoms with E-state index in [9.17, 15) is 4.79 Å². The normalized spacial score (nSPS) is 10.9. The maximum absolute atomic E-state index is 12.6. The Bertz CT molecular complexity index is 1160. The second kappa shape index (κ2) is 9.47. The third-order valence-corrected chi connectivity index (χ3v) is 6.06. The van der Waals surface area contributed by atoms with Gasteiger partial charge < -0.3 is 0 Å². The van der Waals surface area contributed by atoms with Crippen molar-refractivity contribution in [2.75, 3.05) is 5.75 Å². The predicted octanol–water partition coefficient (Wildman–Crippen LogP) is 6.28. The Morgan fingerprint density at radius 1 is 0.867 bits per heavy atom. The molecule has 0 aliphatic heterocycles. The molecule has 1 heterocycles. The fourth-order valence-electron chi connectivity index (χ4n) is 3.00. The minimum absolute atomic E-state index is 0.00483. The Morgan fingerprint density at radius 2 is 1.57 bits per heavy atom. The van der Waals surface area contributed by atoms with Crippen LogP contribution >= 0.6 is 35.0 Å². The number of carbonyl (C=O) groups excluding carboxylic acids is 1. The van der Waals surface area contributed by atoms with E-state index in [1.807, 2.05) is 59.2 Å². The number of hydrogen-bond donors (Lipinski definition) is 0. The van der Waals surface area contributed by atoms with Crippen molar-refractivity contribution >= 4 is 40.7 Å². The second-order valence-corrected chi connectivity index (χ2v) is 8.36. The molecule has 30 heavy (non-hydrogen) atoms. The van der Waals surface area contributed by atoms with Gasteiger partial charge in [0.1, 0.15) is 0 Å². The van der Waals surface area contributed by atoms with Gasteiger partial charge >= 0.3 is 0 Å². The van der Waals surface area contributed by atoms with Crippen LogP contribution in [0.4, 0.5) is 0 Å². The molecule has 7 heteroatoms. The molecule has 0 N–H and O–H groups in total. The summed E-state index contributed by atoms with van der Waals surface area (Å²) in [7, 11) is 0. The second-order valence-electron chi connectivity index (χ2n) is 6.58. The number of halogens is 2. The van der Waals surface area contributed by atoms with E-state index in [1.165, 1.54) is 11.8 Å². The molecule has 0 atom stereocenters. The molecule has 1 aromatic heterocycles. The van der Waals surface area contributed by atoms with Crippen LogP contribution in [0, 0.1) is 0 Å². The van der Waals surface area contributed by atoms with E-state index in [4.69, 9.17) is 23.2 Å². The highest BCUT2D eigenvalue weighted by Crippen LogP contribution is 2.30. The smallest absolute Gasteiger partial charge is 0.192 e. The van der Waals surface area contributed by atoms with Crippen molar-refractivity contribution in [3.63, 3.8) is 0 Å². The van der Waals surface area contributed by atoms with Gasteiger partial charge in [-0.3, -0.25) is 9.36 Å². The van der Waals surface area contributed by atoms with Gasteiger partial charge in [-0.05, 0) is 42.0 Å². The lowest BCUT2D eigenvalue weighted by atomic mass is 10.1. The van der Waals surface area contributed by atoms with Crippen LogP contribution in [0.25, 0.3) is 11.4 Å². The molecule has 3 aromatic carbocycles. The van der Waals surface area contributed by atoms with Crippen molar-refractivity contribution in [1.82, 2.24) is 14.8 Å². The minimum Gasteiger partial charge on any atom is -0.297 e. The molecule has 0 spiro atoms. The molecule has 4 rings (SSSR count). The number of hydrogen-bond acceptors (Lipinski definition) is 4. The van der Waals surface area contributed by atoms with Crippen LogP contribution in [-0.2, 0) is 6.54 Å². The molecule has 0 saturated heterocycles. The zero-order chi connectivity index (χ0) is 20.9. The number of ketones is 1. The molecule has 0 unspecified atom stereocenters. The summed E-state index contributed by atoms with van der Waals surface area (Å²) in [5, 5.41) is 10.6. The lowest BCUT2D eigenvalue weighted by Gasteiger charge is -2.11. The molecule has 4 aromatic rings. The van der Waals surface area contributed by atoms with Gasteiger partial charge in [0.15, 0.2) is 16.8 Å². The van der Waals surface area contributed by atoms with E-state index in [0.29, 0.717) is 33.1 Å². The first kappa shape index (κ1) is 20.7. The standard InChI is InChI=1S/C23H17Cl2N3OS/c24-18-12-10-17(11-13-18)21(29)15-30-23-27-26-22(19-8-4-5-9-20(19)25)28(23)14-16-6-2-1-3-7-16/h1-13H,14-15H2. The minimum atomic E-state index is 0.00483. The Balaban J connectivity index is 1.63. The number of aromatic nitrogens is 3. The predicted molar refractivity (Wildman–Crippen MR) is 123 cm³/mol. The van der Waals surface area contributed by atoms with Crippen molar-refractivity contribution in [2.24, 2.45) is 0 Å². The van der Waals surface area contributed by atoms with Crippen LogP contribution in [0.3, 0.4) is 0 Å². The molecule has 0 aliphatic rings. The van der Waals surface area contributed by atoms with Crippen LogP contribution < -0.4 is 0 Å². The molecule has 0 fully saturated rings. The monoisotopic (exact) mass is 453 g/mol. The van der Waals surface area contributed by atoms with E-state index in [0.717, 1.165) is 11.1 Å². The zero-order valence-corrected chi connectivity index (χ0v) is 18.2. The maximum atomic E-state index is 12.6. The van der Waals surface area contributed by atoms with Gasteiger partial charge in [0, 0.05) is 16.1 Å². The molecular formula is C23H17Cl2N3OS. The summed E-state index contributed by atoms with van der Waals surface area (Å²) >= 11 is 13.7. The fraction of sp³-hybridized carbons (Fsp3) is 0.0870. The van der Waals surface area contributed by atoms with Crippen LogP contribution in [0.1, 0.15) is 15.9 Å². The summed E-state index contributed by atoms with van der Waals surface area (Å²) in [6, 6.07) is 24.5. The third kappa shape index (κ3) is 4.75. The first-order valence-electron chi connectivity index (χ1n) is 9.25. The van der Waals surface area contributed by atoms with Crippen LogP contribution in [-0.4, -0.2) is 26.3 Å². The Kier molecular flexibility index (Phi) is 6.53. The molecule has 0 radical (unpaired) electrons. The SMILES string of the molecule is O=C(CSc1nnc(-c2ccccc2Cl)n1Cc1ccccc1)c1ccc(Cl)cc1. The average Bonchev–Trinajstić information content (AvgIpc) is 3.15. The van der Waals surface area contributed by atoms with Crippen molar-refractivity contribution in [3.05, 3.63) is 100 Å². The zero-order valence-electron chi connectivity index (χ0n) is 15.8. The summed E-state index contributed by atoms with van der Waals surface area (Å²) in [6.07, 6.45) is 0. The van der Waals surface area contributed by atoms with Crippen LogP contribution in [0.15, 0.2) is 84.0 Å². The highest BCUT2D eigenvalue weighted by molar-refractivity contribution is 7.99. The Morgan fingerprint density at radius 3 is 2.30 bits per heavy atom. The third-order valence-electron chi connectivity index (χ3n) is 4.51. The number of nitrogens with zero attached hydrogens (tertiary/aromatic N) is 3. The average molecular weight is 454 g/mol. The summed E-state index contributed by atoms with van der Waals surface area (Å²) in [5.41, 5.74) is 2.53. The quantitative estimate of drug-likeness (QED) is 0.244. The van der Waals surface area contributed by atoms with Crippen LogP contribution in [0.2, 0.25) is 10.0 Å². The van der Waals surface area contributed by atoms with Gasteiger partial charge in [0.2, 0.25) is 0 Å². The number of Topliss-reactive ketones (excluding diaryl/α,β-unsaturated/α-hetero) is 1. The summed E-state index contributed by atoms with van der Waals surface area (Å²) in [4.78, 5) is 12.6. The lowest BCUT2D eigenvalue weighted by Crippen LogP contribution is -2.07. The number of benzene rings is 3. The molecule has 0 bridgehead atoms. The van der Waals surface area contributed by atoms with E-state index >= 15 is 0 Å². The van der Waals surface area contributed by atoms with Crippen molar-refractivity contribution < 1.29 is 4.79 Å². The van der Waals surface area contributed by atoms with Crippen molar-refractivity contribution in [3.8, 4) is 11.4 Å². The van der Waals surface area contributed by atoms with Gasteiger partial charge in [-0.15, -0.1) is 10.2 Å². The van der Waals surface area contributed by atoms with Crippen molar-refractivity contribution in [2.45, 2.75) is 11.7 Å². The first-order valence-corrected chi connectivity index (χ1v) is 11.0. The van der Waals surface area contributed by atoms with E-state index in [1.54, 1.807) is 24.3 Å². The molecule has 0 saturated carbocycles. The number of rotatable bonds is 7. The summed E-state index contributed by atoms with van der Waals surface area (Å²) in [6.45, 7) is 0.575. The molecule has 0 aliphatic carbocycles. The van der Waals surface area contributed by atoms with Gasteiger partial charge in [-0.2, -0.15) is 0 Å². The Hall–Kier alpha value is -2.60. The first-order chi connectivity index (χ1) is 14.6.